The standard InChI is InChI=1S/4Na.2H4O7P2/c;;;;2*1-8(2,3)7-9(4,5)6/h;;;;2*(H2,1,2,3)(H2,4,5,6)/q4*+1;;/p-4. The van der Waals surface area contributed by atoms with Crippen LogP contribution in [0.2, 0.25) is 0 Å². The fourth-order valence-electron chi connectivity index (χ4n) is 0.261. The van der Waals surface area contributed by atoms with Crippen LogP contribution in [0.3, 0.4) is 0 Å². The second-order valence-corrected chi connectivity index (χ2v) is 7.10. The Kier molecular flexibility index (Phi) is 30.7. The van der Waals surface area contributed by atoms with E-state index in [0.717, 1.165) is 0 Å². The maximum Gasteiger partial charge on any atom is 1.00 e. The Balaban J connectivity index is -0.0000000492. The number of phosphoric acid groups is 4. The molecule has 0 fully saturated rings. The zero-order chi connectivity index (χ0) is 15.4. The Bertz CT molecular complexity index is 352. The van der Waals surface area contributed by atoms with Gasteiger partial charge in [-0.15, -0.1) is 0 Å². The molecule has 0 aromatic heterocycles. The van der Waals surface area contributed by atoms with E-state index in [4.69, 9.17) is 19.6 Å². The predicted octanol–water partition coefficient (Wildman–Crippen LogP) is -16.1. The predicted molar refractivity (Wildman–Crippen MR) is 41.5 cm³/mol. The summed E-state index contributed by atoms with van der Waals surface area (Å²) >= 11 is 0. The van der Waals surface area contributed by atoms with Crippen molar-refractivity contribution in [1.29, 1.82) is 0 Å². The third-order valence-corrected chi connectivity index (χ3v) is 3.71. The van der Waals surface area contributed by atoms with Gasteiger partial charge in [0.1, 0.15) is 0 Å². The molecule has 0 radical (unpaired) electrons. The summed E-state index contributed by atoms with van der Waals surface area (Å²) in [4.78, 5) is 68.3. The van der Waals surface area contributed by atoms with Crippen molar-refractivity contribution < 1.29 is 184 Å². The molecule has 0 aliphatic heterocycles. The molecule has 4 N–H and O–H groups in total. The molecule has 112 valence electrons. The van der Waals surface area contributed by atoms with Crippen LogP contribution in [0, 0.1) is 0 Å². The van der Waals surface area contributed by atoms with Gasteiger partial charge in [0.2, 0.25) is 0 Å². The summed E-state index contributed by atoms with van der Waals surface area (Å²) in [6.45, 7) is 0. The molecule has 0 rings (SSSR count). The maximum absolute atomic E-state index is 9.63. The Labute approximate surface area is 212 Å². The van der Waals surface area contributed by atoms with Crippen molar-refractivity contribution in [2.45, 2.75) is 0 Å². The average Bonchev–Trinajstić information content (AvgIpc) is 1.64. The van der Waals surface area contributed by atoms with E-state index >= 15 is 0 Å². The molecule has 0 saturated carbocycles. The van der Waals surface area contributed by atoms with Crippen LogP contribution in [0.25, 0.3) is 0 Å². The molecule has 0 atom stereocenters. The van der Waals surface area contributed by atoms with E-state index in [1.165, 1.54) is 0 Å². The maximum atomic E-state index is 9.63. The molecule has 0 bridgehead atoms. The fraction of sp³-hybridized carbons (Fsp3) is 0. The summed E-state index contributed by atoms with van der Waals surface area (Å²) in [5, 5.41) is 0. The zero-order valence-corrected chi connectivity index (χ0v) is 23.2. The van der Waals surface area contributed by atoms with Gasteiger partial charge in [0.15, 0.2) is 0 Å². The van der Waals surface area contributed by atoms with E-state index < -0.39 is 31.3 Å². The topological polar surface area (TPSA) is 260 Å². The number of hydrogen-bond donors (Lipinski definition) is 4. The molecule has 22 heteroatoms. The van der Waals surface area contributed by atoms with Crippen LogP contribution in [0.4, 0.5) is 0 Å². The minimum atomic E-state index is -5.68. The van der Waals surface area contributed by atoms with Crippen LogP contribution in [-0.4, -0.2) is 19.6 Å². The first-order chi connectivity index (χ1) is 7.41. The van der Waals surface area contributed by atoms with E-state index in [9.17, 15) is 37.8 Å². The minimum Gasteiger partial charge on any atom is -0.790 e. The van der Waals surface area contributed by atoms with Crippen molar-refractivity contribution in [2.75, 3.05) is 0 Å². The van der Waals surface area contributed by atoms with Crippen molar-refractivity contribution >= 4 is 31.3 Å². The molecule has 0 heterocycles. The van der Waals surface area contributed by atoms with Crippen molar-refractivity contribution in [3.8, 4) is 0 Å². The summed E-state index contributed by atoms with van der Waals surface area (Å²) in [5.74, 6) is 0. The molecule has 22 heavy (non-hydrogen) atoms. The van der Waals surface area contributed by atoms with E-state index in [1.54, 1.807) is 0 Å². The third-order valence-electron chi connectivity index (χ3n) is 0.413. The van der Waals surface area contributed by atoms with Crippen LogP contribution in [-0.2, 0) is 26.9 Å². The quantitative estimate of drug-likeness (QED) is 0.232. The van der Waals surface area contributed by atoms with Gasteiger partial charge in [-0.3, -0.25) is 0 Å². The largest absolute Gasteiger partial charge is 1.00 e. The summed E-state index contributed by atoms with van der Waals surface area (Å²) in [5.41, 5.74) is 0. The molecule has 0 aliphatic carbocycles. The first kappa shape index (κ1) is 41.0. The smallest absolute Gasteiger partial charge is 0.790 e. The van der Waals surface area contributed by atoms with Crippen molar-refractivity contribution in [1.82, 2.24) is 0 Å². The molecular weight excluding hydrogens is 440 g/mol. The van der Waals surface area contributed by atoms with Crippen LogP contribution in [0.15, 0.2) is 0 Å². The Morgan fingerprint density at radius 1 is 0.545 bits per heavy atom. The zero-order valence-electron chi connectivity index (χ0n) is 11.7. The molecule has 0 aromatic rings. The van der Waals surface area contributed by atoms with Gasteiger partial charge >= 0.3 is 134 Å². The van der Waals surface area contributed by atoms with Crippen LogP contribution >= 0.6 is 31.3 Å². The molecule has 0 unspecified atom stereocenters. The van der Waals surface area contributed by atoms with E-state index in [1.807, 2.05) is 0 Å². The second-order valence-electron chi connectivity index (χ2n) is 2.04. The SMILES string of the molecule is O=P(O)(O)OP(=O)(O)O.O=P([O-])([O-])OP(=O)([O-])[O-].[Na+].[Na+].[Na+].[Na+]. The minimum absolute atomic E-state index is 0. The number of rotatable bonds is 4. The summed E-state index contributed by atoms with van der Waals surface area (Å²) < 4.78 is 43.4. The number of hydrogen-bond acceptors (Lipinski definition) is 10. The van der Waals surface area contributed by atoms with Gasteiger partial charge in [0.25, 0.3) is 0 Å². The molecule has 0 amide bonds. The van der Waals surface area contributed by atoms with Gasteiger partial charge in [-0.25, -0.2) is 9.13 Å². The van der Waals surface area contributed by atoms with E-state index in [2.05, 4.69) is 8.62 Å². The molecule has 0 spiro atoms. The van der Waals surface area contributed by atoms with Crippen LogP contribution < -0.4 is 138 Å². The van der Waals surface area contributed by atoms with Gasteiger partial charge in [-0.1, -0.05) is 0 Å². The van der Waals surface area contributed by atoms with Crippen molar-refractivity contribution in [3.05, 3.63) is 0 Å². The van der Waals surface area contributed by atoms with Crippen LogP contribution in [0.5, 0.6) is 0 Å². The second kappa shape index (κ2) is 16.5. The Hall–Kier alpha value is 4.52. The molecular formula is H4Na4O14P4. The van der Waals surface area contributed by atoms with Gasteiger partial charge in [0, 0.05) is 0 Å². The van der Waals surface area contributed by atoms with Crippen molar-refractivity contribution in [3.63, 3.8) is 0 Å². The molecule has 0 aliphatic rings. The summed E-state index contributed by atoms with van der Waals surface area (Å²) in [6, 6.07) is 0. The fourth-order valence-corrected chi connectivity index (χ4v) is 2.35. The Morgan fingerprint density at radius 2 is 0.727 bits per heavy atom. The first-order valence-electron chi connectivity index (χ1n) is 2.99. The average molecular weight is 444 g/mol. The first-order valence-corrected chi connectivity index (χ1v) is 8.97. The van der Waals surface area contributed by atoms with E-state index in [-0.39, 0.29) is 118 Å². The molecule has 14 nitrogen and oxygen atoms in total. The third kappa shape index (κ3) is 49.7. The van der Waals surface area contributed by atoms with Crippen LogP contribution in [0.1, 0.15) is 0 Å². The molecule has 0 aromatic carbocycles. The summed E-state index contributed by atoms with van der Waals surface area (Å²) in [6.07, 6.45) is 0. The van der Waals surface area contributed by atoms with Crippen molar-refractivity contribution in [2.24, 2.45) is 0 Å². The van der Waals surface area contributed by atoms with E-state index in [0.29, 0.717) is 0 Å². The molecule has 0 saturated heterocycles. The Morgan fingerprint density at radius 3 is 0.727 bits per heavy atom. The van der Waals surface area contributed by atoms with Gasteiger partial charge < -0.3 is 52.6 Å². The monoisotopic (exact) mass is 444 g/mol. The van der Waals surface area contributed by atoms with Gasteiger partial charge in [-0.2, -0.15) is 4.31 Å². The summed E-state index contributed by atoms with van der Waals surface area (Å²) in [7, 11) is -21.5. The normalized spacial score (nSPS) is 11.3. The van der Waals surface area contributed by atoms with Gasteiger partial charge in [-0.05, 0) is 0 Å². The van der Waals surface area contributed by atoms with Gasteiger partial charge in [0.05, 0.1) is 15.6 Å².